The first-order valence-electron chi connectivity index (χ1n) is 6.93. The molecule has 1 heterocycles. The van der Waals surface area contributed by atoms with E-state index < -0.39 is 5.97 Å². The first-order chi connectivity index (χ1) is 9.08. The normalized spacial score (nSPS) is 16.5. The van der Waals surface area contributed by atoms with Crippen LogP contribution in [-0.4, -0.2) is 26.6 Å². The van der Waals surface area contributed by atoms with Gasteiger partial charge in [-0.3, -0.25) is 9.48 Å². The molecule has 1 fully saturated rings. The summed E-state index contributed by atoms with van der Waals surface area (Å²) in [5.41, 5.74) is 2.49. The van der Waals surface area contributed by atoms with Gasteiger partial charge in [-0.1, -0.05) is 6.92 Å². The molecule has 1 aromatic heterocycles. The highest BCUT2D eigenvalue weighted by Crippen LogP contribution is 2.51. The lowest BCUT2D eigenvalue weighted by molar-refractivity contribution is -0.138. The number of rotatable bonds is 8. The second-order valence-electron chi connectivity index (χ2n) is 5.36. The third-order valence-corrected chi connectivity index (χ3v) is 5.03. The molecule has 1 aromatic rings. The Labute approximate surface area is 118 Å². The van der Waals surface area contributed by atoms with Crippen LogP contribution in [0.5, 0.6) is 0 Å². The van der Waals surface area contributed by atoms with E-state index in [0.717, 1.165) is 43.0 Å². The lowest BCUT2D eigenvalue weighted by Crippen LogP contribution is -2.11. The predicted molar refractivity (Wildman–Crippen MR) is 77.4 cm³/mol. The third kappa shape index (κ3) is 3.75. The summed E-state index contributed by atoms with van der Waals surface area (Å²) in [4.78, 5) is 10.8. The van der Waals surface area contributed by atoms with Crippen molar-refractivity contribution in [3.8, 4) is 0 Å². The van der Waals surface area contributed by atoms with Crippen LogP contribution in [-0.2, 0) is 23.5 Å². The highest BCUT2D eigenvalue weighted by Gasteiger charge is 2.44. The van der Waals surface area contributed by atoms with Crippen molar-refractivity contribution >= 4 is 17.7 Å². The zero-order valence-corrected chi connectivity index (χ0v) is 12.5. The number of aliphatic carboxylic acids is 1. The maximum atomic E-state index is 10.8. The van der Waals surface area contributed by atoms with Crippen molar-refractivity contribution in [3.63, 3.8) is 0 Å². The molecular weight excluding hydrogens is 260 g/mol. The Morgan fingerprint density at radius 2 is 2.26 bits per heavy atom. The molecule has 106 valence electrons. The minimum absolute atomic E-state index is 0.0845. The maximum Gasteiger partial charge on any atom is 0.303 e. The average Bonchev–Trinajstić information content (AvgIpc) is 2.99. The van der Waals surface area contributed by atoms with E-state index in [9.17, 15) is 4.79 Å². The van der Waals surface area contributed by atoms with Gasteiger partial charge in [0.05, 0.1) is 12.1 Å². The van der Waals surface area contributed by atoms with Gasteiger partial charge in [-0.15, -0.1) is 0 Å². The van der Waals surface area contributed by atoms with E-state index in [-0.39, 0.29) is 5.41 Å². The maximum absolute atomic E-state index is 10.8. The molecule has 1 aliphatic rings. The minimum atomic E-state index is -0.662. The fraction of sp³-hybridized carbons (Fsp3) is 0.714. The molecule has 0 amide bonds. The number of nitrogens with zero attached hydrogens (tertiary/aromatic N) is 2. The first-order valence-corrected chi connectivity index (χ1v) is 8.09. The van der Waals surface area contributed by atoms with E-state index in [2.05, 4.69) is 29.7 Å². The summed E-state index contributed by atoms with van der Waals surface area (Å²) in [6, 6.07) is 2.17. The van der Waals surface area contributed by atoms with Gasteiger partial charge in [0.25, 0.3) is 0 Å². The van der Waals surface area contributed by atoms with Crippen molar-refractivity contribution in [1.29, 1.82) is 0 Å². The number of aromatic nitrogens is 2. The lowest BCUT2D eigenvalue weighted by atomic mass is 10.1. The summed E-state index contributed by atoms with van der Waals surface area (Å²) >= 11 is 1.85. The van der Waals surface area contributed by atoms with E-state index >= 15 is 0 Å². The van der Waals surface area contributed by atoms with Crippen LogP contribution in [0.25, 0.3) is 0 Å². The molecule has 1 N–H and O–H groups in total. The summed E-state index contributed by atoms with van der Waals surface area (Å²) < 4.78 is 2.06. The van der Waals surface area contributed by atoms with Crippen LogP contribution in [0.1, 0.15) is 44.5 Å². The predicted octanol–water partition coefficient (Wildman–Crippen LogP) is 2.95. The molecule has 0 unspecified atom stereocenters. The SMILES string of the molecule is CCc1cc(CSCC2(CC(=O)O)CC2)n(CC)n1. The van der Waals surface area contributed by atoms with Gasteiger partial charge in [-0.25, -0.2) is 0 Å². The fourth-order valence-electron chi connectivity index (χ4n) is 2.32. The molecule has 4 nitrogen and oxygen atoms in total. The van der Waals surface area contributed by atoms with Crippen LogP contribution in [0, 0.1) is 5.41 Å². The number of carboxylic acid groups (broad SMARTS) is 1. The van der Waals surface area contributed by atoms with Gasteiger partial charge in [0.15, 0.2) is 0 Å². The van der Waals surface area contributed by atoms with Crippen molar-refractivity contribution < 1.29 is 9.90 Å². The van der Waals surface area contributed by atoms with Gasteiger partial charge < -0.3 is 5.11 Å². The second kappa shape index (κ2) is 5.99. The Kier molecular flexibility index (Phi) is 4.55. The van der Waals surface area contributed by atoms with E-state index in [0.29, 0.717) is 6.42 Å². The van der Waals surface area contributed by atoms with Gasteiger partial charge in [0.1, 0.15) is 0 Å². The Morgan fingerprint density at radius 3 is 2.79 bits per heavy atom. The standard InChI is InChI=1S/C14H22N2O2S/c1-3-11-7-12(16(4-2)15-11)9-19-10-14(5-6-14)8-13(17)18/h7H,3-6,8-10H2,1-2H3,(H,17,18). The van der Waals surface area contributed by atoms with Crippen molar-refractivity contribution in [2.45, 2.75) is 51.8 Å². The number of thioether (sulfide) groups is 1. The number of hydrogen-bond donors (Lipinski definition) is 1. The summed E-state index contributed by atoms with van der Waals surface area (Å²) in [6.45, 7) is 5.12. The van der Waals surface area contributed by atoms with Crippen LogP contribution in [0.4, 0.5) is 0 Å². The van der Waals surface area contributed by atoms with Crippen LogP contribution in [0.15, 0.2) is 6.07 Å². The number of hydrogen-bond acceptors (Lipinski definition) is 3. The molecule has 19 heavy (non-hydrogen) atoms. The molecule has 0 spiro atoms. The lowest BCUT2D eigenvalue weighted by Gasteiger charge is -2.11. The molecule has 1 aliphatic carbocycles. The van der Waals surface area contributed by atoms with Crippen LogP contribution >= 0.6 is 11.8 Å². The Bertz CT molecular complexity index is 452. The molecule has 0 aromatic carbocycles. The molecule has 0 bridgehead atoms. The van der Waals surface area contributed by atoms with Gasteiger partial charge in [0.2, 0.25) is 0 Å². The Morgan fingerprint density at radius 1 is 1.53 bits per heavy atom. The summed E-state index contributed by atoms with van der Waals surface area (Å²) in [6.07, 6.45) is 3.43. The largest absolute Gasteiger partial charge is 0.481 e. The average molecular weight is 282 g/mol. The quantitative estimate of drug-likeness (QED) is 0.796. The van der Waals surface area contributed by atoms with Crippen molar-refractivity contribution in [1.82, 2.24) is 9.78 Å². The summed E-state index contributed by atoms with van der Waals surface area (Å²) in [7, 11) is 0. The Hall–Kier alpha value is -0.970. The van der Waals surface area contributed by atoms with Crippen LogP contribution in [0.2, 0.25) is 0 Å². The van der Waals surface area contributed by atoms with Crippen molar-refractivity contribution in [3.05, 3.63) is 17.5 Å². The zero-order valence-electron chi connectivity index (χ0n) is 11.7. The highest BCUT2D eigenvalue weighted by atomic mass is 32.2. The summed E-state index contributed by atoms with van der Waals surface area (Å²) in [5, 5.41) is 13.4. The molecule has 0 aliphatic heterocycles. The minimum Gasteiger partial charge on any atom is -0.481 e. The van der Waals surface area contributed by atoms with Crippen molar-refractivity contribution in [2.24, 2.45) is 5.41 Å². The van der Waals surface area contributed by atoms with Gasteiger partial charge in [-0.2, -0.15) is 16.9 Å². The molecule has 2 rings (SSSR count). The number of carboxylic acids is 1. The summed E-state index contributed by atoms with van der Waals surface area (Å²) in [5.74, 6) is 1.22. The smallest absolute Gasteiger partial charge is 0.303 e. The molecule has 0 atom stereocenters. The van der Waals surface area contributed by atoms with E-state index in [1.807, 2.05) is 11.8 Å². The number of carbonyl (C=O) groups is 1. The number of aryl methyl sites for hydroxylation is 2. The Balaban J connectivity index is 1.85. The molecule has 0 radical (unpaired) electrons. The highest BCUT2D eigenvalue weighted by molar-refractivity contribution is 7.98. The van der Waals surface area contributed by atoms with E-state index in [1.54, 1.807) is 0 Å². The topological polar surface area (TPSA) is 55.1 Å². The van der Waals surface area contributed by atoms with E-state index in [4.69, 9.17) is 5.11 Å². The van der Waals surface area contributed by atoms with Gasteiger partial charge >= 0.3 is 5.97 Å². The van der Waals surface area contributed by atoms with E-state index in [1.165, 1.54) is 5.69 Å². The van der Waals surface area contributed by atoms with Crippen LogP contribution in [0.3, 0.4) is 0 Å². The van der Waals surface area contributed by atoms with Gasteiger partial charge in [-0.05, 0) is 43.4 Å². The molecule has 5 heteroatoms. The zero-order chi connectivity index (χ0) is 13.9. The molecular formula is C14H22N2O2S. The molecule has 1 saturated carbocycles. The molecule has 0 saturated heterocycles. The third-order valence-electron chi connectivity index (χ3n) is 3.72. The fourth-order valence-corrected chi connectivity index (χ4v) is 3.69. The van der Waals surface area contributed by atoms with Crippen LogP contribution < -0.4 is 0 Å². The monoisotopic (exact) mass is 282 g/mol. The second-order valence-corrected chi connectivity index (χ2v) is 6.35. The van der Waals surface area contributed by atoms with Crippen molar-refractivity contribution in [2.75, 3.05) is 5.75 Å². The first kappa shape index (κ1) is 14.4. The van der Waals surface area contributed by atoms with Gasteiger partial charge in [0, 0.05) is 18.0 Å².